The number of anilines is 1. The van der Waals surface area contributed by atoms with Crippen molar-refractivity contribution in [2.24, 2.45) is 5.73 Å². The fraction of sp³-hybridized carbons (Fsp3) is 0.364. The summed E-state index contributed by atoms with van der Waals surface area (Å²) >= 11 is 6.22. The smallest absolute Gasteiger partial charge is 0.150 e. The second kappa shape index (κ2) is 8.26. The van der Waals surface area contributed by atoms with Crippen LogP contribution in [0.25, 0.3) is 11.0 Å². The largest absolute Gasteiger partial charge is 0.336 e. The standard InChI is InChI=1S/C21H22ClN5O.CH5N/c1-3-28-25-27-18-11-15(22)5-6-17(18)24-20(27)13-26-14(2)21(8-4-9-21)16-7-10-23-12-19(16)26;1-2/h5-7,10-12,25H,2-4,8-9,13H2,1H3;2H2,1H3. The SMILES string of the molecule is C=C1N(Cc2nc3ccc(Cl)cc3n2NOCC)c2cnccc2C12CCC2.CN. The number of rotatable bonds is 5. The van der Waals surface area contributed by atoms with E-state index in [1.165, 1.54) is 19.0 Å². The quantitative estimate of drug-likeness (QED) is 0.597. The van der Waals surface area contributed by atoms with Crippen molar-refractivity contribution < 1.29 is 4.84 Å². The zero-order valence-corrected chi connectivity index (χ0v) is 18.1. The molecule has 1 fully saturated rings. The molecule has 0 bridgehead atoms. The Bertz CT molecular complexity index is 1070. The number of imidazole rings is 1. The summed E-state index contributed by atoms with van der Waals surface area (Å²) in [5.74, 6) is 0.832. The van der Waals surface area contributed by atoms with E-state index >= 15 is 0 Å². The molecule has 0 unspecified atom stereocenters. The van der Waals surface area contributed by atoms with Gasteiger partial charge in [-0.15, -0.1) is 0 Å². The summed E-state index contributed by atoms with van der Waals surface area (Å²) in [5, 5.41) is 0.659. The predicted octanol–water partition coefficient (Wildman–Crippen LogP) is 4.11. The number of aromatic nitrogens is 3. The summed E-state index contributed by atoms with van der Waals surface area (Å²) in [4.78, 5) is 16.9. The first-order valence-corrected chi connectivity index (χ1v) is 10.6. The van der Waals surface area contributed by atoms with Crippen LogP contribution in [0.2, 0.25) is 5.02 Å². The van der Waals surface area contributed by atoms with Crippen LogP contribution in [0.15, 0.2) is 48.9 Å². The van der Waals surface area contributed by atoms with E-state index in [1.807, 2.05) is 42.2 Å². The molecule has 8 heteroatoms. The van der Waals surface area contributed by atoms with Crippen molar-refractivity contribution in [2.75, 3.05) is 24.1 Å². The van der Waals surface area contributed by atoms with Gasteiger partial charge in [-0.25, -0.2) is 15.2 Å². The Morgan fingerprint density at radius 3 is 2.80 bits per heavy atom. The Balaban J connectivity index is 0.00000106. The Labute approximate surface area is 181 Å². The van der Waals surface area contributed by atoms with Crippen LogP contribution in [0, 0.1) is 0 Å². The van der Waals surface area contributed by atoms with E-state index in [1.54, 1.807) is 0 Å². The number of allylic oxidation sites excluding steroid dienone is 1. The van der Waals surface area contributed by atoms with Crippen LogP contribution >= 0.6 is 11.6 Å². The van der Waals surface area contributed by atoms with Crippen LogP contribution in [0.3, 0.4) is 0 Å². The first-order chi connectivity index (χ1) is 14.6. The number of pyridine rings is 1. The fourth-order valence-electron chi connectivity index (χ4n) is 4.41. The van der Waals surface area contributed by atoms with Crippen LogP contribution in [-0.2, 0) is 16.8 Å². The van der Waals surface area contributed by atoms with Gasteiger partial charge in [0.05, 0.1) is 36.1 Å². The monoisotopic (exact) mass is 426 g/mol. The van der Waals surface area contributed by atoms with Crippen LogP contribution in [0.1, 0.15) is 37.6 Å². The maximum absolute atomic E-state index is 6.22. The summed E-state index contributed by atoms with van der Waals surface area (Å²) in [7, 11) is 1.50. The molecule has 0 radical (unpaired) electrons. The van der Waals surface area contributed by atoms with Gasteiger partial charge in [0.25, 0.3) is 0 Å². The Kier molecular flexibility index (Phi) is 5.69. The molecule has 1 aromatic carbocycles. The van der Waals surface area contributed by atoms with Gasteiger partial charge in [-0.3, -0.25) is 9.82 Å². The first-order valence-electron chi connectivity index (χ1n) is 10.2. The minimum atomic E-state index is 0.0613. The highest BCUT2D eigenvalue weighted by molar-refractivity contribution is 6.31. The number of hydrogen-bond donors (Lipinski definition) is 2. The van der Waals surface area contributed by atoms with Gasteiger partial charge in [-0.05, 0) is 56.6 Å². The molecule has 1 saturated carbocycles. The Morgan fingerprint density at radius 2 is 2.10 bits per heavy atom. The van der Waals surface area contributed by atoms with Crippen molar-refractivity contribution in [3.63, 3.8) is 0 Å². The molecule has 3 aromatic rings. The molecule has 5 rings (SSSR count). The van der Waals surface area contributed by atoms with E-state index in [0.29, 0.717) is 18.2 Å². The number of nitrogens with one attached hydrogen (secondary N) is 1. The van der Waals surface area contributed by atoms with Gasteiger partial charge in [0.2, 0.25) is 0 Å². The third-order valence-corrected chi connectivity index (χ3v) is 6.21. The maximum atomic E-state index is 6.22. The average Bonchev–Trinajstić information content (AvgIpc) is 3.20. The number of fused-ring (bicyclic) bond motifs is 3. The molecule has 158 valence electrons. The van der Waals surface area contributed by atoms with Crippen LogP contribution in [0.4, 0.5) is 5.69 Å². The van der Waals surface area contributed by atoms with Crippen molar-refractivity contribution in [1.29, 1.82) is 0 Å². The van der Waals surface area contributed by atoms with Gasteiger partial charge < -0.3 is 10.6 Å². The molecule has 2 aliphatic rings. The van der Waals surface area contributed by atoms with Crippen molar-refractivity contribution in [2.45, 2.75) is 38.1 Å². The third-order valence-electron chi connectivity index (χ3n) is 5.98. The van der Waals surface area contributed by atoms with Crippen molar-refractivity contribution in [3.8, 4) is 0 Å². The molecule has 7 nitrogen and oxygen atoms in total. The minimum absolute atomic E-state index is 0.0613. The van der Waals surface area contributed by atoms with E-state index in [4.69, 9.17) is 21.4 Å². The third kappa shape index (κ3) is 3.14. The number of nitrogens with zero attached hydrogens (tertiary/aromatic N) is 4. The lowest BCUT2D eigenvalue weighted by Crippen LogP contribution is -2.37. The number of benzene rings is 1. The predicted molar refractivity (Wildman–Crippen MR) is 121 cm³/mol. The van der Waals surface area contributed by atoms with E-state index < -0.39 is 0 Å². The molecule has 30 heavy (non-hydrogen) atoms. The maximum Gasteiger partial charge on any atom is 0.150 e. The summed E-state index contributed by atoms with van der Waals surface area (Å²) in [6, 6.07) is 7.80. The van der Waals surface area contributed by atoms with E-state index in [9.17, 15) is 0 Å². The summed E-state index contributed by atoms with van der Waals surface area (Å²) < 4.78 is 1.86. The number of halogens is 1. The Hall–Kier alpha value is -2.61. The molecule has 1 spiro atoms. The molecule has 1 aliphatic heterocycles. The fourth-order valence-corrected chi connectivity index (χ4v) is 4.58. The van der Waals surface area contributed by atoms with Gasteiger partial charge >= 0.3 is 0 Å². The zero-order valence-electron chi connectivity index (χ0n) is 17.4. The van der Waals surface area contributed by atoms with Gasteiger partial charge in [0, 0.05) is 22.3 Å². The second-order valence-electron chi connectivity index (χ2n) is 7.38. The van der Waals surface area contributed by atoms with E-state index in [-0.39, 0.29) is 5.41 Å². The second-order valence-corrected chi connectivity index (χ2v) is 7.82. The van der Waals surface area contributed by atoms with E-state index in [0.717, 1.165) is 41.1 Å². The zero-order chi connectivity index (χ0) is 21.3. The highest BCUT2D eigenvalue weighted by Crippen LogP contribution is 2.57. The van der Waals surface area contributed by atoms with Gasteiger partial charge in [-0.1, -0.05) is 24.6 Å². The topological polar surface area (TPSA) is 81.2 Å². The molecule has 3 N–H and O–H groups in total. The summed E-state index contributed by atoms with van der Waals surface area (Å²) in [5.41, 5.74) is 12.9. The lowest BCUT2D eigenvalue weighted by Gasteiger charge is -2.40. The lowest BCUT2D eigenvalue weighted by molar-refractivity contribution is 0.168. The first kappa shape index (κ1) is 20.7. The average molecular weight is 427 g/mol. The molecular formula is C22H27ClN6O. The van der Waals surface area contributed by atoms with Crippen molar-refractivity contribution >= 4 is 28.3 Å². The highest BCUT2D eigenvalue weighted by atomic mass is 35.5. The van der Waals surface area contributed by atoms with Crippen molar-refractivity contribution in [3.05, 3.63) is 65.3 Å². The molecule has 0 saturated heterocycles. The Morgan fingerprint density at radius 1 is 1.30 bits per heavy atom. The number of nitrogens with two attached hydrogens (primary N) is 1. The lowest BCUT2D eigenvalue weighted by atomic mass is 9.64. The number of hydrogen-bond acceptors (Lipinski definition) is 6. The van der Waals surface area contributed by atoms with Crippen LogP contribution in [-0.4, -0.2) is 28.3 Å². The minimum Gasteiger partial charge on any atom is -0.336 e. The molecule has 0 amide bonds. The molecule has 1 aliphatic carbocycles. The van der Waals surface area contributed by atoms with E-state index in [2.05, 4.69) is 33.9 Å². The van der Waals surface area contributed by atoms with Gasteiger partial charge in [-0.2, -0.15) is 0 Å². The molecule has 2 aromatic heterocycles. The van der Waals surface area contributed by atoms with Crippen molar-refractivity contribution in [1.82, 2.24) is 14.6 Å². The highest BCUT2D eigenvalue weighted by Gasteiger charge is 2.50. The normalized spacial score (nSPS) is 16.3. The molecule has 0 atom stereocenters. The van der Waals surface area contributed by atoms with Gasteiger partial charge in [0.15, 0.2) is 5.82 Å². The molecule has 3 heterocycles. The van der Waals surface area contributed by atoms with Crippen LogP contribution < -0.4 is 16.2 Å². The summed E-state index contributed by atoms with van der Waals surface area (Å²) in [6.45, 7) is 7.51. The summed E-state index contributed by atoms with van der Waals surface area (Å²) in [6.07, 6.45) is 7.33. The van der Waals surface area contributed by atoms with Crippen LogP contribution in [0.5, 0.6) is 0 Å². The molecular weight excluding hydrogens is 400 g/mol. The van der Waals surface area contributed by atoms with Gasteiger partial charge in [0.1, 0.15) is 0 Å².